The fourth-order valence-electron chi connectivity index (χ4n) is 2.94. The van der Waals surface area contributed by atoms with Crippen LogP contribution < -0.4 is 0 Å². The van der Waals surface area contributed by atoms with Gasteiger partial charge in [0.2, 0.25) is 0 Å². The Bertz CT molecular complexity index is 770. The molecule has 23 heavy (non-hydrogen) atoms. The van der Waals surface area contributed by atoms with Crippen molar-refractivity contribution in [3.63, 3.8) is 0 Å². The van der Waals surface area contributed by atoms with Crippen molar-refractivity contribution in [3.8, 4) is 6.07 Å². The topological polar surface area (TPSA) is 40.9 Å². The molecule has 0 unspecified atom stereocenters. The number of carbonyl (C=O) groups is 1. The van der Waals surface area contributed by atoms with Crippen LogP contribution in [0, 0.1) is 32.1 Å². The summed E-state index contributed by atoms with van der Waals surface area (Å²) in [5.41, 5.74) is 7.45. The molecule has 0 saturated heterocycles. The first-order chi connectivity index (χ1) is 10.9. The molecule has 2 aromatic carbocycles. The molecule has 0 aliphatic heterocycles. The highest BCUT2D eigenvalue weighted by Gasteiger charge is 2.14. The summed E-state index contributed by atoms with van der Waals surface area (Å²) in [6, 6.07) is 12.0. The monoisotopic (exact) mass is 323 g/mol. The van der Waals surface area contributed by atoms with Gasteiger partial charge in [0, 0.05) is 17.1 Å². The van der Waals surface area contributed by atoms with Crippen LogP contribution in [0.3, 0.4) is 0 Å². The third-order valence-electron chi connectivity index (χ3n) is 4.08. The Balaban J connectivity index is 2.12. The van der Waals surface area contributed by atoms with Gasteiger partial charge in [-0.25, -0.2) is 0 Å². The van der Waals surface area contributed by atoms with E-state index in [1.807, 2.05) is 49.9 Å². The molecular weight excluding hydrogens is 302 g/mol. The van der Waals surface area contributed by atoms with E-state index in [4.69, 9.17) is 5.26 Å². The minimum absolute atomic E-state index is 0.137. The van der Waals surface area contributed by atoms with Crippen molar-refractivity contribution >= 4 is 17.5 Å². The van der Waals surface area contributed by atoms with Gasteiger partial charge in [-0.3, -0.25) is 4.79 Å². The maximum atomic E-state index is 11.9. The number of benzene rings is 2. The first kappa shape index (κ1) is 17.3. The zero-order valence-electron chi connectivity index (χ0n) is 14.1. The van der Waals surface area contributed by atoms with Crippen LogP contribution in [-0.2, 0) is 11.5 Å². The molecule has 0 N–H and O–H groups in total. The van der Waals surface area contributed by atoms with E-state index in [0.29, 0.717) is 5.56 Å². The van der Waals surface area contributed by atoms with Gasteiger partial charge in [0.1, 0.15) is 0 Å². The Hall–Kier alpha value is -2.05. The van der Waals surface area contributed by atoms with E-state index in [1.165, 1.54) is 16.7 Å². The molecule has 0 bridgehead atoms. The fraction of sp³-hybridized carbons (Fsp3) is 0.300. The van der Waals surface area contributed by atoms with Crippen LogP contribution >= 0.6 is 11.8 Å². The van der Waals surface area contributed by atoms with E-state index in [0.717, 1.165) is 28.2 Å². The van der Waals surface area contributed by atoms with Crippen molar-refractivity contribution in [1.29, 1.82) is 5.26 Å². The summed E-state index contributed by atoms with van der Waals surface area (Å²) < 4.78 is 0. The second kappa shape index (κ2) is 7.48. The first-order valence-corrected chi connectivity index (χ1v) is 8.77. The zero-order valence-corrected chi connectivity index (χ0v) is 14.9. The van der Waals surface area contributed by atoms with Crippen molar-refractivity contribution < 1.29 is 4.79 Å². The van der Waals surface area contributed by atoms with Gasteiger partial charge < -0.3 is 0 Å². The van der Waals surface area contributed by atoms with E-state index in [9.17, 15) is 4.79 Å². The van der Waals surface area contributed by atoms with Crippen LogP contribution in [0.5, 0.6) is 0 Å². The predicted octanol–water partition coefficient (Wildman–Crippen LogP) is 5.12. The Morgan fingerprint density at radius 3 is 2.30 bits per heavy atom. The molecule has 0 heterocycles. The quantitative estimate of drug-likeness (QED) is 0.717. The maximum Gasteiger partial charge on any atom is 0.160 e. The van der Waals surface area contributed by atoms with E-state index < -0.39 is 0 Å². The van der Waals surface area contributed by atoms with Gasteiger partial charge in [-0.2, -0.15) is 17.0 Å². The van der Waals surface area contributed by atoms with Gasteiger partial charge in [0.15, 0.2) is 5.78 Å². The van der Waals surface area contributed by atoms with Gasteiger partial charge in [0.25, 0.3) is 0 Å². The van der Waals surface area contributed by atoms with Crippen LogP contribution in [0.1, 0.15) is 50.7 Å². The normalized spacial score (nSPS) is 10.4. The van der Waals surface area contributed by atoms with Crippen molar-refractivity contribution in [2.75, 3.05) is 0 Å². The first-order valence-electron chi connectivity index (χ1n) is 7.61. The van der Waals surface area contributed by atoms with E-state index in [-0.39, 0.29) is 5.78 Å². The number of thioether (sulfide) groups is 1. The number of carbonyl (C=O) groups excluding carboxylic acids is 1. The number of hydrogen-bond donors (Lipinski definition) is 0. The van der Waals surface area contributed by atoms with Crippen LogP contribution in [0.25, 0.3) is 0 Å². The van der Waals surface area contributed by atoms with Gasteiger partial charge in [0.05, 0.1) is 11.6 Å². The number of aryl methyl sites for hydroxylation is 2. The van der Waals surface area contributed by atoms with Crippen LogP contribution in [0.4, 0.5) is 0 Å². The van der Waals surface area contributed by atoms with Crippen molar-refractivity contribution in [1.82, 2.24) is 0 Å². The van der Waals surface area contributed by atoms with Crippen LogP contribution in [0.15, 0.2) is 30.3 Å². The molecule has 0 atom stereocenters. The number of Topliss-reactive ketones (excluding diaryl/α,β-unsaturated/α-hetero) is 1. The lowest BCUT2D eigenvalue weighted by Gasteiger charge is -2.15. The highest BCUT2D eigenvalue weighted by molar-refractivity contribution is 7.97. The molecule has 0 radical (unpaired) electrons. The molecular formula is C20H21NOS. The zero-order chi connectivity index (χ0) is 17.0. The molecule has 0 spiro atoms. The summed E-state index contributed by atoms with van der Waals surface area (Å²) in [5, 5.41) is 8.82. The van der Waals surface area contributed by atoms with Crippen molar-refractivity contribution in [2.45, 2.75) is 39.2 Å². The Labute approximate surface area is 142 Å². The summed E-state index contributed by atoms with van der Waals surface area (Å²) in [6.07, 6.45) is 0. The van der Waals surface area contributed by atoms with Gasteiger partial charge in [-0.05, 0) is 67.6 Å². The summed E-state index contributed by atoms with van der Waals surface area (Å²) in [6.45, 7) is 7.80. The Morgan fingerprint density at radius 2 is 1.74 bits per heavy atom. The fourth-order valence-corrected chi connectivity index (χ4v) is 4.12. The number of ketones is 1. The second-order valence-corrected chi connectivity index (χ2v) is 6.83. The molecule has 0 amide bonds. The van der Waals surface area contributed by atoms with Gasteiger partial charge in [-0.1, -0.05) is 18.2 Å². The molecule has 0 aliphatic carbocycles. The average Bonchev–Trinajstić information content (AvgIpc) is 2.50. The lowest BCUT2D eigenvalue weighted by Crippen LogP contribution is -2.05. The number of hydrogen-bond acceptors (Lipinski definition) is 3. The molecule has 118 valence electrons. The maximum absolute atomic E-state index is 11.9. The van der Waals surface area contributed by atoms with Gasteiger partial charge >= 0.3 is 0 Å². The van der Waals surface area contributed by atoms with Crippen LogP contribution in [0.2, 0.25) is 0 Å². The minimum atomic E-state index is 0.137. The standard InChI is InChI=1S/C20H21NOS/c1-13-9-14(2)20(16(4)22)15(3)19(13)12-23-11-18-7-5-17(10-21)6-8-18/h5-9H,11-12H2,1-4H3. The van der Waals surface area contributed by atoms with Crippen molar-refractivity contribution in [2.24, 2.45) is 0 Å². The summed E-state index contributed by atoms with van der Waals surface area (Å²) in [5.74, 6) is 1.92. The highest BCUT2D eigenvalue weighted by atomic mass is 32.2. The minimum Gasteiger partial charge on any atom is -0.294 e. The second-order valence-electron chi connectivity index (χ2n) is 5.85. The van der Waals surface area contributed by atoms with E-state index >= 15 is 0 Å². The average molecular weight is 323 g/mol. The molecule has 0 fully saturated rings. The SMILES string of the molecule is CC(=O)c1c(C)cc(C)c(CSCc2ccc(C#N)cc2)c1C. The van der Waals surface area contributed by atoms with Crippen molar-refractivity contribution in [3.05, 3.63) is 69.3 Å². The Morgan fingerprint density at radius 1 is 1.09 bits per heavy atom. The number of nitriles is 1. The molecule has 0 saturated carbocycles. The third kappa shape index (κ3) is 4.03. The molecule has 2 rings (SSSR count). The third-order valence-corrected chi connectivity index (χ3v) is 5.11. The summed E-state index contributed by atoms with van der Waals surface area (Å²) in [7, 11) is 0. The summed E-state index contributed by atoms with van der Waals surface area (Å²) in [4.78, 5) is 11.9. The molecule has 2 nitrogen and oxygen atoms in total. The number of nitrogens with zero attached hydrogens (tertiary/aromatic N) is 1. The smallest absolute Gasteiger partial charge is 0.160 e. The van der Waals surface area contributed by atoms with E-state index in [1.54, 1.807) is 6.92 Å². The Kier molecular flexibility index (Phi) is 5.63. The molecule has 3 heteroatoms. The largest absolute Gasteiger partial charge is 0.294 e. The highest BCUT2D eigenvalue weighted by Crippen LogP contribution is 2.27. The van der Waals surface area contributed by atoms with Crippen LogP contribution in [-0.4, -0.2) is 5.78 Å². The summed E-state index contributed by atoms with van der Waals surface area (Å²) >= 11 is 1.83. The molecule has 0 aromatic heterocycles. The van der Waals surface area contributed by atoms with Gasteiger partial charge in [-0.15, -0.1) is 0 Å². The molecule has 2 aromatic rings. The number of rotatable bonds is 5. The lowest BCUT2D eigenvalue weighted by molar-refractivity contribution is 0.101. The van der Waals surface area contributed by atoms with E-state index in [2.05, 4.69) is 19.1 Å². The lowest BCUT2D eigenvalue weighted by atomic mass is 9.92. The molecule has 0 aliphatic rings. The predicted molar refractivity (Wildman–Crippen MR) is 96.8 cm³/mol.